The summed E-state index contributed by atoms with van der Waals surface area (Å²) in [7, 11) is -8.16. The number of rotatable bonds is 12. The minimum atomic E-state index is -4.83. The summed E-state index contributed by atoms with van der Waals surface area (Å²) in [6.07, 6.45) is 0. The molecule has 1 amide bonds. The minimum Gasteiger partial charge on any atom is -0.507 e. The number of aryl methyl sites for hydroxylation is 2. The smallest absolute Gasteiger partial charge is 0.339 e. The summed E-state index contributed by atoms with van der Waals surface area (Å²) >= 11 is 0. The number of anilines is 1. The van der Waals surface area contributed by atoms with Crippen LogP contribution in [0.15, 0.2) is 144 Å². The van der Waals surface area contributed by atoms with Crippen molar-refractivity contribution < 1.29 is 50.5 Å². The summed E-state index contributed by atoms with van der Waals surface area (Å²) in [6.45, 7) is 3.48. The molecule has 62 heavy (non-hydrogen) atoms. The second-order valence-corrected chi connectivity index (χ2v) is 15.4. The fraction of sp³-hybridized carbons (Fsp3) is 0.0769. The Morgan fingerprint density at radius 3 is 1.79 bits per heavy atom. The summed E-state index contributed by atoms with van der Waals surface area (Å²) in [4.78, 5) is 23.2. The van der Waals surface area contributed by atoms with E-state index < -0.39 is 47.7 Å². The van der Waals surface area contributed by atoms with Gasteiger partial charge in [0.05, 0.1) is 46.9 Å². The number of azo groups is 3. The summed E-state index contributed by atoms with van der Waals surface area (Å²) in [5.41, 5.74) is 3.32. The molecular formula is C39H31N7Na3O11S2. The van der Waals surface area contributed by atoms with Gasteiger partial charge in [0, 0.05) is 111 Å². The number of fused-ring (bicyclic) bond motifs is 1. The molecule has 0 aliphatic rings. The number of ether oxygens (including phenoxy) is 1. The maximum atomic E-state index is 13.1. The maximum absolute atomic E-state index is 13.1. The first kappa shape index (κ1) is 52.1. The number of benzene rings is 6. The molecule has 0 heterocycles. The molecule has 0 atom stereocenters. The molecule has 0 bridgehead atoms. The molecule has 5 N–H and O–H groups in total. The van der Waals surface area contributed by atoms with Crippen molar-refractivity contribution in [3.8, 4) is 11.5 Å². The van der Waals surface area contributed by atoms with E-state index in [0.29, 0.717) is 50.9 Å². The molecule has 0 unspecified atom stereocenters. The molecule has 0 aliphatic carbocycles. The molecule has 0 saturated carbocycles. The van der Waals surface area contributed by atoms with Gasteiger partial charge in [0.15, 0.2) is 0 Å². The van der Waals surface area contributed by atoms with Crippen LogP contribution in [0, 0.1) is 13.8 Å². The van der Waals surface area contributed by atoms with Gasteiger partial charge in [-0.2, -0.15) is 47.5 Å². The molecule has 3 radical (unpaired) electrons. The first-order chi connectivity index (χ1) is 27.9. The number of nitrogens with zero attached hydrogens (tertiary/aromatic N) is 6. The van der Waals surface area contributed by atoms with Crippen LogP contribution < -0.4 is 10.1 Å². The standard InChI is InChI=1S/C39H31N7O11S2.3Na/c1-21-15-25(11-13-31(21)45-44-27-18-29-28(37(19-27)59(54,55)56)5-4-6-36(29)58(51,52)53)43-46-32-20-35(57-3)33(16-22(32)2)40-38(48)23-7-9-24(10-8-23)41-42-26-12-14-34(47)30(17-26)39(49)50;;;/h4-20,47H,1-3H3,(H,40,48)(H,49,50)(H,51,52,53)(H,54,55,56);;;. The second kappa shape index (κ2) is 21.9. The van der Waals surface area contributed by atoms with Crippen LogP contribution in [0.25, 0.3) is 10.8 Å². The van der Waals surface area contributed by atoms with Crippen LogP contribution in [0.1, 0.15) is 31.8 Å². The fourth-order valence-electron chi connectivity index (χ4n) is 5.64. The molecule has 0 aliphatic heterocycles. The SMILES string of the molecule is COc1cc(N=Nc2ccc(N=Nc3cc(S(=O)(=O)O)c4cccc(S(=O)(=O)O)c4c3)c(C)c2)c(C)cc1NC(=O)c1ccc(N=Nc2ccc(O)c(C(=O)O)c2)cc1.[Na].[Na].[Na]. The third-order valence-corrected chi connectivity index (χ3v) is 10.4. The Morgan fingerprint density at radius 1 is 0.597 bits per heavy atom. The summed E-state index contributed by atoms with van der Waals surface area (Å²) in [5, 5.41) is 46.3. The van der Waals surface area contributed by atoms with Gasteiger partial charge in [-0.05, 0) is 110 Å². The van der Waals surface area contributed by atoms with Gasteiger partial charge in [-0.1, -0.05) is 12.1 Å². The molecule has 0 aromatic heterocycles. The van der Waals surface area contributed by atoms with Crippen LogP contribution in [0.4, 0.5) is 39.8 Å². The van der Waals surface area contributed by atoms with Crippen molar-refractivity contribution in [3.05, 3.63) is 125 Å². The van der Waals surface area contributed by atoms with E-state index in [9.17, 15) is 45.7 Å². The average Bonchev–Trinajstić information content (AvgIpc) is 3.18. The third-order valence-electron chi connectivity index (χ3n) is 8.57. The molecule has 6 aromatic carbocycles. The number of nitrogens with one attached hydrogen (secondary N) is 1. The van der Waals surface area contributed by atoms with Crippen molar-refractivity contribution in [1.82, 2.24) is 0 Å². The molecule has 0 saturated heterocycles. The zero-order valence-corrected chi connectivity index (χ0v) is 41.6. The van der Waals surface area contributed by atoms with Gasteiger partial charge in [-0.25, -0.2) is 4.79 Å². The number of carboxylic acid groups (broad SMARTS) is 1. The van der Waals surface area contributed by atoms with Crippen LogP contribution in [-0.4, -0.2) is 144 Å². The summed E-state index contributed by atoms with van der Waals surface area (Å²) < 4.78 is 73.3. The predicted molar refractivity (Wildman–Crippen MR) is 232 cm³/mol. The summed E-state index contributed by atoms with van der Waals surface area (Å²) in [6, 6.07) is 23.9. The second-order valence-electron chi connectivity index (χ2n) is 12.7. The number of amides is 1. The van der Waals surface area contributed by atoms with Gasteiger partial charge in [0.1, 0.15) is 26.9 Å². The van der Waals surface area contributed by atoms with E-state index in [0.717, 1.165) is 12.1 Å². The number of aromatic carboxylic acids is 1. The Morgan fingerprint density at radius 2 is 1.16 bits per heavy atom. The van der Waals surface area contributed by atoms with Crippen LogP contribution in [0.5, 0.6) is 11.5 Å². The van der Waals surface area contributed by atoms with Gasteiger partial charge in [0.25, 0.3) is 26.1 Å². The van der Waals surface area contributed by atoms with Crippen molar-refractivity contribution in [2.24, 2.45) is 30.7 Å². The Hall–Kier alpha value is -4.26. The first-order valence-electron chi connectivity index (χ1n) is 17.0. The van der Waals surface area contributed by atoms with E-state index in [1.54, 1.807) is 56.3 Å². The number of hydrogen-bond donors (Lipinski definition) is 5. The monoisotopic (exact) mass is 906 g/mol. The van der Waals surface area contributed by atoms with Crippen molar-refractivity contribution in [3.63, 3.8) is 0 Å². The Bertz CT molecular complexity index is 3010. The van der Waals surface area contributed by atoms with E-state index in [-0.39, 0.29) is 116 Å². The van der Waals surface area contributed by atoms with Crippen molar-refractivity contribution in [2.45, 2.75) is 23.6 Å². The molecule has 6 aromatic rings. The number of phenols is 1. The van der Waals surface area contributed by atoms with Crippen molar-refractivity contribution >= 4 is 171 Å². The zero-order chi connectivity index (χ0) is 42.6. The molecule has 303 valence electrons. The van der Waals surface area contributed by atoms with Crippen LogP contribution >= 0.6 is 0 Å². The molecule has 0 fully saturated rings. The van der Waals surface area contributed by atoms with Crippen molar-refractivity contribution in [2.75, 3.05) is 12.4 Å². The van der Waals surface area contributed by atoms with Crippen molar-refractivity contribution in [1.29, 1.82) is 0 Å². The first-order valence-corrected chi connectivity index (χ1v) is 19.8. The quantitative estimate of drug-likeness (QED) is 0.0440. The number of carbonyl (C=O) groups excluding carboxylic acids is 1. The van der Waals surface area contributed by atoms with Gasteiger partial charge in [-0.15, -0.1) is 0 Å². The molecule has 23 heteroatoms. The topological polar surface area (TPSA) is 279 Å². The Balaban J connectivity index is 0.00000341. The third kappa shape index (κ3) is 12.7. The number of carbonyl (C=O) groups is 2. The fourth-order valence-corrected chi connectivity index (χ4v) is 7.06. The summed E-state index contributed by atoms with van der Waals surface area (Å²) in [5.74, 6) is -1.84. The molecule has 0 spiro atoms. The Labute approximate surface area is 421 Å². The number of aromatic hydroxyl groups is 1. The average molecular weight is 907 g/mol. The number of carboxylic acids is 1. The van der Waals surface area contributed by atoms with E-state index in [1.165, 1.54) is 55.6 Å². The molecule has 6 rings (SSSR count). The van der Waals surface area contributed by atoms with Gasteiger partial charge >= 0.3 is 5.97 Å². The number of methoxy groups -OCH3 is 1. The predicted octanol–water partition coefficient (Wildman–Crippen LogP) is 8.72. The molecule has 18 nitrogen and oxygen atoms in total. The maximum Gasteiger partial charge on any atom is 0.339 e. The van der Waals surface area contributed by atoms with E-state index >= 15 is 0 Å². The van der Waals surface area contributed by atoms with Crippen LogP contribution in [0.3, 0.4) is 0 Å². The van der Waals surface area contributed by atoms with E-state index in [4.69, 9.17) is 4.74 Å². The normalized spacial score (nSPS) is 11.6. The van der Waals surface area contributed by atoms with Gasteiger partial charge in [-0.3, -0.25) is 13.9 Å². The zero-order valence-electron chi connectivity index (χ0n) is 34.0. The van der Waals surface area contributed by atoms with Gasteiger partial charge < -0.3 is 20.3 Å². The molecular weight excluding hydrogens is 876 g/mol. The van der Waals surface area contributed by atoms with Crippen LogP contribution in [0.2, 0.25) is 0 Å². The Kier molecular flexibility index (Phi) is 18.4. The van der Waals surface area contributed by atoms with Gasteiger partial charge in [0.2, 0.25) is 0 Å². The number of hydrogen-bond acceptors (Lipinski definition) is 14. The van der Waals surface area contributed by atoms with E-state index in [1.807, 2.05) is 0 Å². The van der Waals surface area contributed by atoms with Crippen LogP contribution in [-0.2, 0) is 20.2 Å². The minimum absolute atomic E-state index is 0. The largest absolute Gasteiger partial charge is 0.507 e. The van der Waals surface area contributed by atoms with E-state index in [2.05, 4.69) is 36.0 Å².